The van der Waals surface area contributed by atoms with Gasteiger partial charge in [0, 0.05) is 5.78 Å². The molecule has 0 unspecified atom stereocenters. The summed E-state index contributed by atoms with van der Waals surface area (Å²) in [6.45, 7) is 0. The Morgan fingerprint density at radius 1 is 1.33 bits per heavy atom. The number of hydrogen-bond acceptors (Lipinski definition) is 2. The number of Topliss-reactive ketones (excluding diaryl/α,β-unsaturated/α-hetero) is 2. The van der Waals surface area contributed by atoms with Gasteiger partial charge in [0.2, 0.25) is 0 Å². The topological polar surface area (TPSA) is 34.1 Å². The Bertz CT molecular complexity index is 115. The van der Waals surface area contributed by atoms with Crippen molar-refractivity contribution in [2.45, 2.75) is 19.3 Å². The van der Waals surface area contributed by atoms with E-state index in [4.69, 9.17) is 0 Å². The van der Waals surface area contributed by atoms with Crippen LogP contribution >= 0.6 is 0 Å². The third-order valence-electron chi connectivity index (χ3n) is 1.21. The van der Waals surface area contributed by atoms with E-state index in [-0.39, 0.29) is 41.1 Å². The van der Waals surface area contributed by atoms with Crippen molar-refractivity contribution in [3.63, 3.8) is 0 Å². The van der Waals surface area contributed by atoms with Gasteiger partial charge in [-0.3, -0.25) is 0 Å². The van der Waals surface area contributed by atoms with Crippen LogP contribution in [0.2, 0.25) is 0 Å². The summed E-state index contributed by atoms with van der Waals surface area (Å²) in [7, 11) is 0. The van der Waals surface area contributed by atoms with Crippen LogP contribution in [0, 0.1) is 6.42 Å². The number of carbonyl (C=O) groups excluding carboxylic acids is 2. The molecule has 1 fully saturated rings. The van der Waals surface area contributed by atoms with Crippen LogP contribution in [0.4, 0.5) is 0 Å². The van der Waals surface area contributed by atoms with Crippen LogP contribution in [-0.2, 0) is 9.59 Å². The molecule has 44 valence electrons. The van der Waals surface area contributed by atoms with Crippen molar-refractivity contribution < 1.29 is 39.1 Å². The first-order valence-electron chi connectivity index (χ1n) is 2.71. The molecule has 3 heteroatoms. The quantitative estimate of drug-likeness (QED) is 0.209. The number of rotatable bonds is 0. The predicted octanol–water partition coefficient (Wildman–Crippen LogP) is -2.48. The van der Waals surface area contributed by atoms with Crippen molar-refractivity contribution in [3.05, 3.63) is 6.42 Å². The first-order chi connectivity index (χ1) is 3.80. The van der Waals surface area contributed by atoms with Crippen molar-refractivity contribution in [2.75, 3.05) is 0 Å². The second-order valence-electron chi connectivity index (χ2n) is 1.88. The molecule has 0 aromatic carbocycles. The summed E-state index contributed by atoms with van der Waals surface area (Å²) in [5, 5.41) is 0. The number of ketones is 2. The second kappa shape index (κ2) is 4.09. The normalized spacial score (nSPS) is 18.2. The fourth-order valence-electron chi connectivity index (χ4n) is 0.733. The molecule has 1 aliphatic carbocycles. The van der Waals surface area contributed by atoms with E-state index in [9.17, 15) is 9.59 Å². The minimum Gasteiger partial charge on any atom is -0.403 e. The van der Waals surface area contributed by atoms with Crippen LogP contribution in [0.1, 0.15) is 19.3 Å². The molecule has 0 aliphatic heterocycles. The summed E-state index contributed by atoms with van der Waals surface area (Å²) in [5.74, 6) is -0.521. The van der Waals surface area contributed by atoms with Crippen LogP contribution in [0.25, 0.3) is 0 Å². The molecule has 0 heterocycles. The van der Waals surface area contributed by atoms with Gasteiger partial charge in [0.05, 0.1) is 5.78 Å². The van der Waals surface area contributed by atoms with Crippen LogP contribution in [0.15, 0.2) is 0 Å². The van der Waals surface area contributed by atoms with E-state index >= 15 is 0 Å². The van der Waals surface area contributed by atoms with Gasteiger partial charge in [0.15, 0.2) is 0 Å². The Hall–Kier alpha value is 0.210. The van der Waals surface area contributed by atoms with Gasteiger partial charge in [-0.2, -0.15) is 6.42 Å². The molecule has 0 bridgehead atoms. The van der Waals surface area contributed by atoms with E-state index in [1.54, 1.807) is 0 Å². The minimum atomic E-state index is -0.295. The van der Waals surface area contributed by atoms with Crippen LogP contribution in [0.5, 0.6) is 0 Å². The van der Waals surface area contributed by atoms with Gasteiger partial charge in [-0.05, 0) is 0 Å². The van der Waals surface area contributed by atoms with Gasteiger partial charge in [-0.1, -0.05) is 19.3 Å². The predicted molar refractivity (Wildman–Crippen MR) is 28.2 cm³/mol. The summed E-state index contributed by atoms with van der Waals surface area (Å²) in [5.41, 5.74) is 0. The largest absolute Gasteiger partial charge is 1.00 e. The second-order valence-corrected chi connectivity index (χ2v) is 1.88. The van der Waals surface area contributed by atoms with Crippen molar-refractivity contribution in [2.24, 2.45) is 0 Å². The van der Waals surface area contributed by atoms with Crippen LogP contribution in [0.3, 0.4) is 0 Å². The van der Waals surface area contributed by atoms with E-state index in [0.29, 0.717) is 6.42 Å². The van der Waals surface area contributed by atoms with Crippen molar-refractivity contribution in [1.82, 2.24) is 0 Å². The molecule has 0 aromatic heterocycles. The average Bonchev–Trinajstić information content (AvgIpc) is 1.77. The van der Waals surface area contributed by atoms with Crippen LogP contribution in [-0.4, -0.2) is 11.6 Å². The fraction of sp³-hybridized carbons (Fsp3) is 0.500. The summed E-state index contributed by atoms with van der Waals surface area (Å²) < 4.78 is 0. The first kappa shape index (κ1) is 9.21. The summed E-state index contributed by atoms with van der Waals surface area (Å²) in [4.78, 5) is 20.8. The van der Waals surface area contributed by atoms with Crippen LogP contribution < -0.4 is 29.6 Å². The smallest absolute Gasteiger partial charge is 0.403 e. The Morgan fingerprint density at radius 2 is 2.00 bits per heavy atom. The zero-order valence-electron chi connectivity index (χ0n) is 5.52. The molecule has 0 spiro atoms. The molecular weight excluding hydrogens is 127 g/mol. The molecule has 0 atom stereocenters. The van der Waals surface area contributed by atoms with E-state index in [1.807, 2.05) is 0 Å². The number of hydrogen-bond donors (Lipinski definition) is 0. The van der Waals surface area contributed by atoms with Crippen molar-refractivity contribution >= 4 is 11.6 Å². The van der Waals surface area contributed by atoms with Gasteiger partial charge in [0.1, 0.15) is 0 Å². The standard InChI is InChI=1S/C6H7O2.Na/c7-5-3-1-2-4-6(5)8;/h3H,1-2,4H2;/q-1;+1. The van der Waals surface area contributed by atoms with Crippen molar-refractivity contribution in [3.8, 4) is 0 Å². The first-order valence-corrected chi connectivity index (χ1v) is 2.71. The maximum Gasteiger partial charge on any atom is 1.00 e. The molecule has 1 aliphatic rings. The molecule has 9 heavy (non-hydrogen) atoms. The molecule has 0 saturated heterocycles. The van der Waals surface area contributed by atoms with E-state index < -0.39 is 0 Å². The Balaban J connectivity index is 0.000000640. The third-order valence-corrected chi connectivity index (χ3v) is 1.21. The Labute approximate surface area is 76.3 Å². The third kappa shape index (κ3) is 2.52. The fourth-order valence-corrected chi connectivity index (χ4v) is 0.733. The van der Waals surface area contributed by atoms with E-state index in [2.05, 4.69) is 0 Å². The molecule has 0 N–H and O–H groups in total. The SMILES string of the molecule is O=C1[CH-]CCCC1=O.[Na+]. The molecule has 1 rings (SSSR count). The molecule has 0 amide bonds. The molecular formula is C6H7NaO2. The summed E-state index contributed by atoms with van der Waals surface area (Å²) in [6, 6.07) is 0. The van der Waals surface area contributed by atoms with Gasteiger partial charge in [-0.15, -0.1) is 0 Å². The van der Waals surface area contributed by atoms with Gasteiger partial charge in [-0.25, -0.2) is 0 Å². The Kier molecular flexibility index (Phi) is 4.19. The monoisotopic (exact) mass is 134 g/mol. The zero-order chi connectivity index (χ0) is 5.98. The molecule has 0 aromatic rings. The van der Waals surface area contributed by atoms with Crippen molar-refractivity contribution in [1.29, 1.82) is 0 Å². The number of carbonyl (C=O) groups is 2. The maximum absolute atomic E-state index is 10.4. The maximum atomic E-state index is 10.4. The summed E-state index contributed by atoms with van der Waals surface area (Å²) in [6.07, 6.45) is 3.55. The average molecular weight is 134 g/mol. The minimum absolute atomic E-state index is 0. The van der Waals surface area contributed by atoms with Gasteiger partial charge >= 0.3 is 29.6 Å². The molecule has 2 nitrogen and oxygen atoms in total. The summed E-state index contributed by atoms with van der Waals surface area (Å²) >= 11 is 0. The van der Waals surface area contributed by atoms with E-state index in [1.165, 1.54) is 6.42 Å². The van der Waals surface area contributed by atoms with Gasteiger partial charge < -0.3 is 9.59 Å². The zero-order valence-corrected chi connectivity index (χ0v) is 7.52. The van der Waals surface area contributed by atoms with Gasteiger partial charge in [0.25, 0.3) is 0 Å². The molecule has 1 saturated carbocycles. The molecule has 0 radical (unpaired) electrons. The Morgan fingerprint density at radius 3 is 2.33 bits per heavy atom. The van der Waals surface area contributed by atoms with E-state index in [0.717, 1.165) is 12.8 Å².